The van der Waals surface area contributed by atoms with E-state index in [4.69, 9.17) is 0 Å². The first-order valence-corrected chi connectivity index (χ1v) is 6.27. The van der Waals surface area contributed by atoms with Gasteiger partial charge in [-0.15, -0.1) is 5.10 Å². The van der Waals surface area contributed by atoms with Crippen molar-refractivity contribution in [3.63, 3.8) is 0 Å². The van der Waals surface area contributed by atoms with Crippen molar-refractivity contribution in [2.24, 2.45) is 0 Å². The number of hydrogen-bond donors (Lipinski definition) is 1. The molecule has 2 N–H and O–H groups in total. The quantitative estimate of drug-likeness (QED) is 0.867. The van der Waals surface area contributed by atoms with Gasteiger partial charge in [-0.3, -0.25) is 0 Å². The van der Waals surface area contributed by atoms with E-state index in [1.54, 1.807) is 0 Å². The van der Waals surface area contributed by atoms with Crippen molar-refractivity contribution in [3.8, 4) is 5.69 Å². The fraction of sp³-hybridized carbons (Fsp3) is 0.462. The van der Waals surface area contributed by atoms with Gasteiger partial charge in [-0.2, -0.15) is 4.68 Å². The molecule has 0 saturated heterocycles. The summed E-state index contributed by atoms with van der Waals surface area (Å²) in [5.41, 5.74) is 2.13. The molecule has 0 aliphatic rings. The number of hydrogen-bond acceptors (Lipinski definition) is 3. The third-order valence-electron chi connectivity index (χ3n) is 3.63. The predicted octanol–water partition coefficient (Wildman–Crippen LogP) is 0.789. The first-order chi connectivity index (χ1) is 8.60. The lowest BCUT2D eigenvalue weighted by Crippen LogP contribution is -2.91. The van der Waals surface area contributed by atoms with Gasteiger partial charge in [0.05, 0.1) is 12.7 Å². The highest BCUT2D eigenvalue weighted by molar-refractivity contribution is 5.34. The molecule has 5 heteroatoms. The van der Waals surface area contributed by atoms with Crippen LogP contribution in [0.25, 0.3) is 5.69 Å². The Labute approximate surface area is 107 Å². The molecule has 1 heterocycles. The van der Waals surface area contributed by atoms with Crippen molar-refractivity contribution in [1.29, 1.82) is 0 Å². The van der Waals surface area contributed by atoms with Gasteiger partial charge in [0.1, 0.15) is 0 Å². The standard InChI is InChI=1S/C13H19N5/c1-5-13(3,14-4)12-15-16-17-18(12)11-8-6-10(2)7-9-11/h6-9,14H,5H2,1-4H3/p+1/t13-/m0/s1. The third-order valence-corrected chi connectivity index (χ3v) is 3.63. The maximum absolute atomic E-state index is 4.20. The zero-order chi connectivity index (χ0) is 13.2. The fourth-order valence-corrected chi connectivity index (χ4v) is 1.89. The van der Waals surface area contributed by atoms with Crippen molar-refractivity contribution >= 4 is 0 Å². The Kier molecular flexibility index (Phi) is 3.43. The van der Waals surface area contributed by atoms with Crippen LogP contribution in [0.15, 0.2) is 24.3 Å². The molecule has 0 unspecified atom stereocenters. The van der Waals surface area contributed by atoms with E-state index in [9.17, 15) is 0 Å². The first-order valence-electron chi connectivity index (χ1n) is 6.27. The van der Waals surface area contributed by atoms with Crippen LogP contribution in [0.4, 0.5) is 0 Å². The van der Waals surface area contributed by atoms with E-state index in [0.29, 0.717) is 0 Å². The number of rotatable bonds is 4. The lowest BCUT2D eigenvalue weighted by molar-refractivity contribution is -0.711. The number of aromatic nitrogens is 4. The Morgan fingerprint density at radius 2 is 1.94 bits per heavy atom. The highest BCUT2D eigenvalue weighted by atomic mass is 15.6. The Hall–Kier alpha value is -1.75. The van der Waals surface area contributed by atoms with E-state index < -0.39 is 0 Å². The SMILES string of the molecule is CC[C@](C)([NH2+]C)c1nnnn1-c1ccc(C)cc1. The van der Waals surface area contributed by atoms with E-state index in [-0.39, 0.29) is 5.54 Å². The molecule has 96 valence electrons. The molecule has 1 aromatic heterocycles. The van der Waals surface area contributed by atoms with E-state index in [2.05, 4.69) is 60.8 Å². The van der Waals surface area contributed by atoms with Crippen molar-refractivity contribution in [2.45, 2.75) is 32.7 Å². The monoisotopic (exact) mass is 246 g/mol. The Bertz CT molecular complexity index is 510. The molecular formula is C13H20N5+. The van der Waals surface area contributed by atoms with Crippen LogP contribution >= 0.6 is 0 Å². The molecule has 18 heavy (non-hydrogen) atoms. The molecular weight excluding hydrogens is 226 g/mol. The molecule has 0 fully saturated rings. The third kappa shape index (κ3) is 2.13. The number of quaternary nitrogens is 1. The Morgan fingerprint density at radius 3 is 2.50 bits per heavy atom. The number of nitrogens with zero attached hydrogens (tertiary/aromatic N) is 4. The molecule has 0 spiro atoms. The van der Waals surface area contributed by atoms with Gasteiger partial charge in [0.25, 0.3) is 0 Å². The molecule has 0 bridgehead atoms. The van der Waals surface area contributed by atoms with Crippen LogP contribution in [0.3, 0.4) is 0 Å². The van der Waals surface area contributed by atoms with Crippen molar-refractivity contribution in [2.75, 3.05) is 7.05 Å². The summed E-state index contributed by atoms with van der Waals surface area (Å²) in [6, 6.07) is 8.22. The highest BCUT2D eigenvalue weighted by Gasteiger charge is 2.33. The Balaban J connectivity index is 2.48. The molecule has 5 nitrogen and oxygen atoms in total. The van der Waals surface area contributed by atoms with Crippen LogP contribution < -0.4 is 5.32 Å². The maximum atomic E-state index is 4.20. The van der Waals surface area contributed by atoms with Gasteiger partial charge in [-0.1, -0.05) is 24.6 Å². The van der Waals surface area contributed by atoms with Crippen LogP contribution in [-0.2, 0) is 5.54 Å². The minimum absolute atomic E-state index is 0.103. The zero-order valence-corrected chi connectivity index (χ0v) is 11.4. The lowest BCUT2D eigenvalue weighted by Gasteiger charge is -2.22. The highest BCUT2D eigenvalue weighted by Crippen LogP contribution is 2.19. The van der Waals surface area contributed by atoms with E-state index >= 15 is 0 Å². The maximum Gasteiger partial charge on any atom is 0.216 e. The van der Waals surface area contributed by atoms with Gasteiger partial charge < -0.3 is 5.32 Å². The number of aryl methyl sites for hydroxylation is 1. The van der Waals surface area contributed by atoms with Crippen LogP contribution in [0, 0.1) is 6.92 Å². The number of tetrazole rings is 1. The molecule has 0 aliphatic carbocycles. The smallest absolute Gasteiger partial charge is 0.216 e. The number of nitrogens with two attached hydrogens (primary N) is 1. The van der Waals surface area contributed by atoms with Crippen LogP contribution in [0.5, 0.6) is 0 Å². The van der Waals surface area contributed by atoms with Gasteiger partial charge in [0.15, 0.2) is 5.54 Å². The summed E-state index contributed by atoms with van der Waals surface area (Å²) < 4.78 is 1.82. The molecule has 0 saturated carbocycles. The minimum atomic E-state index is -0.103. The van der Waals surface area contributed by atoms with E-state index in [1.165, 1.54) is 5.56 Å². The summed E-state index contributed by atoms with van der Waals surface area (Å²) >= 11 is 0. The fourth-order valence-electron chi connectivity index (χ4n) is 1.89. The molecule has 1 aromatic carbocycles. The first kappa shape index (κ1) is 12.7. The van der Waals surface area contributed by atoms with E-state index in [1.807, 2.05) is 16.8 Å². The van der Waals surface area contributed by atoms with E-state index in [0.717, 1.165) is 17.9 Å². The molecule has 0 radical (unpaired) electrons. The van der Waals surface area contributed by atoms with Gasteiger partial charge >= 0.3 is 0 Å². The normalized spacial score (nSPS) is 14.4. The van der Waals surface area contributed by atoms with Crippen molar-refractivity contribution in [3.05, 3.63) is 35.7 Å². The predicted molar refractivity (Wildman–Crippen MR) is 69.4 cm³/mol. The Morgan fingerprint density at radius 1 is 1.28 bits per heavy atom. The molecule has 1 atom stereocenters. The molecule has 2 rings (SSSR count). The summed E-state index contributed by atoms with van der Waals surface area (Å²) in [5.74, 6) is 0.886. The summed E-state index contributed by atoms with van der Waals surface area (Å²) in [4.78, 5) is 0. The second-order valence-electron chi connectivity index (χ2n) is 4.81. The van der Waals surface area contributed by atoms with Crippen LogP contribution in [0.2, 0.25) is 0 Å². The van der Waals surface area contributed by atoms with Gasteiger partial charge in [-0.25, -0.2) is 0 Å². The van der Waals surface area contributed by atoms with Crippen LogP contribution in [0.1, 0.15) is 31.7 Å². The summed E-state index contributed by atoms with van der Waals surface area (Å²) in [5, 5.41) is 14.3. The zero-order valence-electron chi connectivity index (χ0n) is 11.4. The average molecular weight is 246 g/mol. The summed E-state index contributed by atoms with van der Waals surface area (Å²) in [6.45, 7) is 6.37. The van der Waals surface area contributed by atoms with Gasteiger partial charge in [0.2, 0.25) is 5.82 Å². The minimum Gasteiger partial charge on any atom is -0.338 e. The summed E-state index contributed by atoms with van der Waals surface area (Å²) in [7, 11) is 2.05. The largest absolute Gasteiger partial charge is 0.338 e. The van der Waals surface area contributed by atoms with Crippen LogP contribution in [-0.4, -0.2) is 27.3 Å². The van der Waals surface area contributed by atoms with Crippen molar-refractivity contribution in [1.82, 2.24) is 20.2 Å². The summed E-state index contributed by atoms with van der Waals surface area (Å²) in [6.07, 6.45) is 0.968. The van der Waals surface area contributed by atoms with Gasteiger partial charge in [0, 0.05) is 6.42 Å². The topological polar surface area (TPSA) is 60.2 Å². The average Bonchev–Trinajstić information content (AvgIpc) is 2.88. The number of benzene rings is 1. The molecule has 0 aliphatic heterocycles. The molecule has 0 amide bonds. The lowest BCUT2D eigenvalue weighted by atomic mass is 9.98. The van der Waals surface area contributed by atoms with Gasteiger partial charge in [-0.05, 0) is 36.4 Å². The second kappa shape index (κ2) is 4.86. The van der Waals surface area contributed by atoms with Crippen molar-refractivity contribution < 1.29 is 5.32 Å². The molecule has 2 aromatic rings. The second-order valence-corrected chi connectivity index (χ2v) is 4.81.